The van der Waals surface area contributed by atoms with E-state index in [9.17, 15) is 5.11 Å². The van der Waals surface area contributed by atoms with Crippen molar-refractivity contribution in [3.05, 3.63) is 29.8 Å². The van der Waals surface area contributed by atoms with E-state index in [0.29, 0.717) is 34.7 Å². The second-order valence-electron chi connectivity index (χ2n) is 8.17. The largest absolute Gasteiger partial charge is 0.491 e. The van der Waals surface area contributed by atoms with E-state index in [1.54, 1.807) is 24.3 Å². The number of benzene rings is 1. The summed E-state index contributed by atoms with van der Waals surface area (Å²) in [6, 6.07) is 9.53. The van der Waals surface area contributed by atoms with E-state index in [2.05, 4.69) is 32.2 Å². The van der Waals surface area contributed by atoms with Gasteiger partial charge in [0.2, 0.25) is 0 Å². The Hall–Kier alpha value is -1.57. The highest BCUT2D eigenvalue weighted by molar-refractivity contribution is 5.34. The van der Waals surface area contributed by atoms with Gasteiger partial charge in [-0.15, -0.1) is 0 Å². The summed E-state index contributed by atoms with van der Waals surface area (Å²) < 4.78 is 5.61. The van der Waals surface area contributed by atoms with Crippen LogP contribution in [0.2, 0.25) is 0 Å². The smallest absolute Gasteiger partial charge is 0.119 e. The van der Waals surface area contributed by atoms with Crippen molar-refractivity contribution in [2.75, 3.05) is 13.2 Å². The maximum absolute atomic E-state index is 10.2. The first-order chi connectivity index (χ1) is 11.4. The summed E-state index contributed by atoms with van der Waals surface area (Å²) in [4.78, 5) is 0. The number of nitriles is 1. The molecule has 4 atom stereocenters. The fourth-order valence-corrected chi connectivity index (χ4v) is 4.67. The highest BCUT2D eigenvalue weighted by Crippen LogP contribution is 2.65. The van der Waals surface area contributed by atoms with E-state index in [1.165, 1.54) is 19.3 Å². The van der Waals surface area contributed by atoms with Crippen LogP contribution in [0.15, 0.2) is 24.3 Å². The van der Waals surface area contributed by atoms with E-state index in [4.69, 9.17) is 10.00 Å². The van der Waals surface area contributed by atoms with E-state index in [-0.39, 0.29) is 6.61 Å². The second kappa shape index (κ2) is 6.38. The molecule has 2 aliphatic rings. The zero-order valence-electron chi connectivity index (χ0n) is 14.9. The molecule has 2 aliphatic carbocycles. The summed E-state index contributed by atoms with van der Waals surface area (Å²) in [6.07, 6.45) is 3.30. The number of aliphatic hydroxyl groups excluding tert-OH is 1. The molecular formula is C20H28N2O2. The quantitative estimate of drug-likeness (QED) is 0.842. The Morgan fingerprint density at radius 3 is 2.58 bits per heavy atom. The molecule has 2 N–H and O–H groups in total. The van der Waals surface area contributed by atoms with Crippen LogP contribution in [0.4, 0.5) is 0 Å². The summed E-state index contributed by atoms with van der Waals surface area (Å²) in [5, 5.41) is 22.6. The van der Waals surface area contributed by atoms with Gasteiger partial charge >= 0.3 is 0 Å². The number of nitrogens with zero attached hydrogens (tertiary/aromatic N) is 1. The summed E-state index contributed by atoms with van der Waals surface area (Å²) >= 11 is 0. The molecule has 0 unspecified atom stereocenters. The van der Waals surface area contributed by atoms with Crippen molar-refractivity contribution in [2.45, 2.75) is 52.2 Å². The number of hydrogen-bond donors (Lipinski definition) is 2. The van der Waals surface area contributed by atoms with Crippen LogP contribution in [0.3, 0.4) is 0 Å². The molecule has 2 fully saturated rings. The molecular weight excluding hydrogens is 300 g/mol. The van der Waals surface area contributed by atoms with Gasteiger partial charge < -0.3 is 15.2 Å². The first-order valence-electron chi connectivity index (χ1n) is 8.91. The third kappa shape index (κ3) is 2.92. The van der Waals surface area contributed by atoms with Crippen LogP contribution in [-0.2, 0) is 0 Å². The van der Waals surface area contributed by atoms with Crippen LogP contribution in [-0.4, -0.2) is 30.4 Å². The topological polar surface area (TPSA) is 65.3 Å². The van der Waals surface area contributed by atoms with E-state index >= 15 is 0 Å². The van der Waals surface area contributed by atoms with Crippen LogP contribution in [0, 0.1) is 28.1 Å². The molecule has 0 aromatic heterocycles. The normalized spacial score (nSPS) is 31.6. The third-order valence-corrected chi connectivity index (χ3v) is 6.82. The average molecular weight is 328 g/mol. The Kier molecular flexibility index (Phi) is 4.59. The highest BCUT2D eigenvalue weighted by atomic mass is 16.5. The summed E-state index contributed by atoms with van der Waals surface area (Å²) in [6.45, 7) is 8.01. The first kappa shape index (κ1) is 17.3. The Bertz CT molecular complexity index is 620. The number of ether oxygens (including phenoxy) is 1. The molecule has 0 spiro atoms. The molecule has 0 heterocycles. The lowest BCUT2D eigenvalue weighted by Crippen LogP contribution is -2.47. The molecule has 2 bridgehead atoms. The zero-order valence-corrected chi connectivity index (χ0v) is 14.9. The molecule has 2 saturated carbocycles. The van der Waals surface area contributed by atoms with E-state index in [0.717, 1.165) is 5.92 Å². The predicted molar refractivity (Wildman–Crippen MR) is 93.7 cm³/mol. The molecule has 3 rings (SSSR count). The van der Waals surface area contributed by atoms with Gasteiger partial charge in [0.1, 0.15) is 18.5 Å². The van der Waals surface area contributed by atoms with Crippen LogP contribution in [0.25, 0.3) is 0 Å². The molecule has 4 nitrogen and oxygen atoms in total. The number of nitrogens with one attached hydrogen (secondary N) is 1. The van der Waals surface area contributed by atoms with Gasteiger partial charge in [-0.2, -0.15) is 5.26 Å². The van der Waals surface area contributed by atoms with Gasteiger partial charge in [-0.3, -0.25) is 0 Å². The van der Waals surface area contributed by atoms with Gasteiger partial charge in [0.25, 0.3) is 0 Å². The van der Waals surface area contributed by atoms with Crippen molar-refractivity contribution in [1.29, 1.82) is 5.26 Å². The van der Waals surface area contributed by atoms with Gasteiger partial charge in [-0.25, -0.2) is 0 Å². The fraction of sp³-hybridized carbons (Fsp3) is 0.650. The summed E-state index contributed by atoms with van der Waals surface area (Å²) in [7, 11) is 0. The number of aliphatic hydroxyl groups is 1. The molecule has 130 valence electrons. The fourth-order valence-electron chi connectivity index (χ4n) is 4.67. The van der Waals surface area contributed by atoms with Gasteiger partial charge in [0.15, 0.2) is 0 Å². The number of hydrogen-bond acceptors (Lipinski definition) is 4. The van der Waals surface area contributed by atoms with Crippen molar-refractivity contribution >= 4 is 0 Å². The van der Waals surface area contributed by atoms with Crippen molar-refractivity contribution < 1.29 is 9.84 Å². The minimum Gasteiger partial charge on any atom is -0.491 e. The Balaban J connectivity index is 1.46. The van der Waals surface area contributed by atoms with Crippen molar-refractivity contribution in [3.63, 3.8) is 0 Å². The zero-order chi connectivity index (χ0) is 17.4. The second-order valence-corrected chi connectivity index (χ2v) is 8.17. The number of rotatable bonds is 6. The average Bonchev–Trinajstić information content (AvgIpc) is 2.91. The maximum atomic E-state index is 10.2. The molecule has 0 aliphatic heterocycles. The highest BCUT2D eigenvalue weighted by Gasteiger charge is 2.60. The lowest BCUT2D eigenvalue weighted by atomic mass is 9.69. The van der Waals surface area contributed by atoms with Crippen molar-refractivity contribution in [1.82, 2.24) is 5.32 Å². The van der Waals surface area contributed by atoms with Gasteiger partial charge in [0, 0.05) is 12.6 Å². The van der Waals surface area contributed by atoms with Crippen molar-refractivity contribution in [2.24, 2.45) is 16.7 Å². The number of fused-ring (bicyclic) bond motifs is 2. The molecule has 1 aromatic carbocycles. The van der Waals surface area contributed by atoms with Crippen LogP contribution >= 0.6 is 0 Å². The van der Waals surface area contributed by atoms with Gasteiger partial charge in [0.05, 0.1) is 11.6 Å². The molecule has 24 heavy (non-hydrogen) atoms. The Labute approximate surface area is 144 Å². The van der Waals surface area contributed by atoms with Gasteiger partial charge in [-0.05, 0) is 60.3 Å². The van der Waals surface area contributed by atoms with Crippen LogP contribution in [0.5, 0.6) is 5.75 Å². The molecule has 4 heteroatoms. The Morgan fingerprint density at radius 2 is 2.04 bits per heavy atom. The SMILES string of the molecule is CC1(C)[C@H]2CC[C@@]1(C)[C@H](NC[C@H](O)COc1ccc(C#N)cc1)C2. The summed E-state index contributed by atoms with van der Waals surface area (Å²) in [5.41, 5.74) is 1.32. The predicted octanol–water partition coefficient (Wildman–Crippen LogP) is 3.10. The maximum Gasteiger partial charge on any atom is 0.119 e. The van der Waals surface area contributed by atoms with E-state index < -0.39 is 6.10 Å². The molecule has 1 aromatic rings. The van der Waals surface area contributed by atoms with Crippen molar-refractivity contribution in [3.8, 4) is 11.8 Å². The van der Waals surface area contributed by atoms with E-state index in [1.807, 2.05) is 0 Å². The van der Waals surface area contributed by atoms with Gasteiger partial charge in [-0.1, -0.05) is 20.8 Å². The monoisotopic (exact) mass is 328 g/mol. The minimum absolute atomic E-state index is 0.259. The molecule has 0 radical (unpaired) electrons. The lowest BCUT2D eigenvalue weighted by Gasteiger charge is -2.40. The molecule has 0 saturated heterocycles. The Morgan fingerprint density at radius 1 is 1.33 bits per heavy atom. The standard InChI is InChI=1S/C20H28N2O2/c1-19(2)15-8-9-20(19,3)18(10-15)22-12-16(23)13-24-17-6-4-14(11-21)5-7-17/h4-7,15-16,18,22-23H,8-10,12-13H2,1-3H3/t15-,16-,18+,20-/m0/s1. The lowest BCUT2D eigenvalue weighted by molar-refractivity contribution is 0.0825. The van der Waals surface area contributed by atoms with Crippen LogP contribution < -0.4 is 10.1 Å². The summed E-state index contributed by atoms with van der Waals surface area (Å²) in [5.74, 6) is 1.48. The van der Waals surface area contributed by atoms with Crippen LogP contribution in [0.1, 0.15) is 45.6 Å². The third-order valence-electron chi connectivity index (χ3n) is 6.82. The minimum atomic E-state index is -0.536. The first-order valence-corrected chi connectivity index (χ1v) is 8.91. The molecule has 0 amide bonds.